The SMILES string of the molecule is CC(C)C(NC(=O)Cn1c(-c2ccccc2)ccc(NC(=O)OCC2(C)COCOC2)c1=O)C(=O)C(F)(F)F. The summed E-state index contributed by atoms with van der Waals surface area (Å²) in [5.41, 5.74) is -0.801. The lowest BCUT2D eigenvalue weighted by molar-refractivity contribution is -0.174. The molecule has 39 heavy (non-hydrogen) atoms. The molecule has 3 rings (SSSR count). The first-order valence-corrected chi connectivity index (χ1v) is 12.1. The molecule has 1 saturated heterocycles. The maximum Gasteiger partial charge on any atom is 0.452 e. The van der Waals surface area contributed by atoms with E-state index in [2.05, 4.69) is 10.6 Å². The molecular weight excluding hydrogens is 523 g/mol. The third-order valence-electron chi connectivity index (χ3n) is 5.95. The number of ketones is 1. The summed E-state index contributed by atoms with van der Waals surface area (Å²) in [5.74, 6) is -3.95. The first kappa shape index (κ1) is 29.8. The molecule has 0 aliphatic carbocycles. The fraction of sp³-hybridized carbons (Fsp3) is 0.462. The molecule has 1 aromatic carbocycles. The Morgan fingerprint density at radius 1 is 1.08 bits per heavy atom. The van der Waals surface area contributed by atoms with Crippen LogP contribution in [0.25, 0.3) is 11.3 Å². The zero-order valence-corrected chi connectivity index (χ0v) is 21.7. The Balaban J connectivity index is 1.84. The molecule has 1 fully saturated rings. The van der Waals surface area contributed by atoms with Crippen molar-refractivity contribution in [3.8, 4) is 11.3 Å². The van der Waals surface area contributed by atoms with Gasteiger partial charge in [-0.2, -0.15) is 13.2 Å². The van der Waals surface area contributed by atoms with Crippen molar-refractivity contribution < 1.29 is 41.8 Å². The molecule has 1 unspecified atom stereocenters. The Hall–Kier alpha value is -3.71. The van der Waals surface area contributed by atoms with Gasteiger partial charge in [-0.05, 0) is 23.6 Å². The number of nitrogens with one attached hydrogen (secondary N) is 2. The summed E-state index contributed by atoms with van der Waals surface area (Å²) in [4.78, 5) is 50.4. The van der Waals surface area contributed by atoms with E-state index in [9.17, 15) is 32.3 Å². The molecule has 2 amide bonds. The molecule has 1 atom stereocenters. The number of carbonyl (C=O) groups is 3. The third-order valence-corrected chi connectivity index (χ3v) is 5.95. The minimum atomic E-state index is -5.15. The number of alkyl halides is 3. The second-order valence-electron chi connectivity index (χ2n) is 9.87. The fourth-order valence-corrected chi connectivity index (χ4v) is 3.91. The van der Waals surface area contributed by atoms with Gasteiger partial charge in [-0.25, -0.2) is 4.79 Å². The van der Waals surface area contributed by atoms with E-state index in [-0.39, 0.29) is 24.8 Å². The molecule has 13 heteroatoms. The highest BCUT2D eigenvalue weighted by Gasteiger charge is 2.45. The van der Waals surface area contributed by atoms with E-state index in [0.29, 0.717) is 18.8 Å². The van der Waals surface area contributed by atoms with Gasteiger partial charge in [-0.15, -0.1) is 0 Å². The number of halogens is 3. The Labute approximate surface area is 222 Å². The fourth-order valence-electron chi connectivity index (χ4n) is 3.91. The summed E-state index contributed by atoms with van der Waals surface area (Å²) in [6.45, 7) is 4.51. The lowest BCUT2D eigenvalue weighted by atomic mass is 9.94. The summed E-state index contributed by atoms with van der Waals surface area (Å²) in [6.07, 6.45) is -6.08. The topological polar surface area (TPSA) is 125 Å². The Kier molecular flexibility index (Phi) is 9.51. The predicted octanol–water partition coefficient (Wildman–Crippen LogP) is 3.35. The van der Waals surface area contributed by atoms with Crippen LogP contribution in [0, 0.1) is 11.3 Å². The standard InChI is InChI=1S/C26H30F3N3O7/c1-16(2)21(22(34)26(27,28)29)31-20(33)11-32-19(17-7-5-4-6-8-17)10-9-18(23(32)35)30-24(36)39-14-25(3)12-37-15-38-13-25/h4-10,16,21H,11-15H2,1-3H3,(H,30,36)(H,31,33). The number of nitrogens with zero attached hydrogens (tertiary/aromatic N) is 1. The molecule has 10 nitrogen and oxygen atoms in total. The van der Waals surface area contributed by atoms with Crippen LogP contribution < -0.4 is 16.2 Å². The van der Waals surface area contributed by atoms with Crippen molar-refractivity contribution >= 4 is 23.5 Å². The number of aromatic nitrogens is 1. The van der Waals surface area contributed by atoms with Crippen LogP contribution in [0.3, 0.4) is 0 Å². The van der Waals surface area contributed by atoms with Crippen LogP contribution in [0.5, 0.6) is 0 Å². The van der Waals surface area contributed by atoms with Crippen molar-refractivity contribution in [1.82, 2.24) is 9.88 Å². The minimum Gasteiger partial charge on any atom is -0.449 e. The highest BCUT2D eigenvalue weighted by Crippen LogP contribution is 2.23. The zero-order valence-electron chi connectivity index (χ0n) is 21.7. The van der Waals surface area contributed by atoms with Gasteiger partial charge in [0.1, 0.15) is 25.6 Å². The largest absolute Gasteiger partial charge is 0.452 e. The number of ether oxygens (including phenoxy) is 3. The number of carbonyl (C=O) groups excluding carboxylic acids is 3. The molecule has 0 bridgehead atoms. The first-order valence-electron chi connectivity index (χ1n) is 12.1. The molecule has 1 aromatic heterocycles. The summed E-state index contributed by atoms with van der Waals surface area (Å²) in [6, 6.07) is 9.45. The normalized spacial score (nSPS) is 15.9. The summed E-state index contributed by atoms with van der Waals surface area (Å²) in [5, 5.41) is 4.44. The molecule has 2 heterocycles. The third kappa shape index (κ3) is 7.90. The van der Waals surface area contributed by atoms with Crippen molar-refractivity contribution in [2.24, 2.45) is 11.3 Å². The van der Waals surface area contributed by atoms with Crippen LogP contribution >= 0.6 is 0 Å². The van der Waals surface area contributed by atoms with E-state index in [1.54, 1.807) is 37.3 Å². The zero-order chi connectivity index (χ0) is 28.8. The monoisotopic (exact) mass is 553 g/mol. The summed E-state index contributed by atoms with van der Waals surface area (Å²) < 4.78 is 55.8. The van der Waals surface area contributed by atoms with Crippen LogP contribution in [0.15, 0.2) is 47.3 Å². The van der Waals surface area contributed by atoms with Gasteiger partial charge in [-0.1, -0.05) is 51.1 Å². The van der Waals surface area contributed by atoms with Crippen molar-refractivity contribution in [1.29, 1.82) is 0 Å². The Morgan fingerprint density at radius 2 is 1.72 bits per heavy atom. The second-order valence-corrected chi connectivity index (χ2v) is 9.87. The lowest BCUT2D eigenvalue weighted by Crippen LogP contribution is -2.50. The molecule has 212 valence electrons. The van der Waals surface area contributed by atoms with Gasteiger partial charge < -0.3 is 19.5 Å². The Bertz CT molecular complexity index is 1240. The van der Waals surface area contributed by atoms with Crippen LogP contribution in [-0.2, 0) is 30.3 Å². The average molecular weight is 554 g/mol. The smallest absolute Gasteiger partial charge is 0.449 e. The maximum absolute atomic E-state index is 13.3. The van der Waals surface area contributed by atoms with Crippen LogP contribution in [-0.4, -0.2) is 61.2 Å². The Morgan fingerprint density at radius 3 is 2.31 bits per heavy atom. The van der Waals surface area contributed by atoms with Gasteiger partial charge in [0.15, 0.2) is 0 Å². The van der Waals surface area contributed by atoms with E-state index in [0.717, 1.165) is 4.57 Å². The van der Waals surface area contributed by atoms with E-state index in [4.69, 9.17) is 14.2 Å². The van der Waals surface area contributed by atoms with E-state index in [1.165, 1.54) is 26.0 Å². The number of Topliss-reactive ketones (excluding diaryl/α,β-unsaturated/α-hetero) is 1. The van der Waals surface area contributed by atoms with Crippen LogP contribution in [0.2, 0.25) is 0 Å². The number of anilines is 1. The molecular formula is C26H30F3N3O7. The minimum absolute atomic E-state index is 0.0542. The summed E-state index contributed by atoms with van der Waals surface area (Å²) in [7, 11) is 0. The van der Waals surface area contributed by atoms with Gasteiger partial charge in [-0.3, -0.25) is 24.3 Å². The lowest BCUT2D eigenvalue weighted by Gasteiger charge is -2.32. The van der Waals surface area contributed by atoms with Crippen molar-refractivity contribution in [3.05, 3.63) is 52.8 Å². The molecule has 1 aliphatic heterocycles. The highest BCUT2D eigenvalue weighted by atomic mass is 19.4. The molecule has 0 radical (unpaired) electrons. The molecule has 2 aromatic rings. The van der Waals surface area contributed by atoms with Gasteiger partial charge in [0.2, 0.25) is 5.91 Å². The van der Waals surface area contributed by atoms with Crippen molar-refractivity contribution in [2.45, 2.75) is 39.5 Å². The molecule has 0 spiro atoms. The quantitative estimate of drug-likeness (QED) is 0.488. The number of pyridine rings is 1. The number of hydrogen-bond donors (Lipinski definition) is 2. The molecule has 1 aliphatic rings. The highest BCUT2D eigenvalue weighted by molar-refractivity contribution is 5.93. The molecule has 2 N–H and O–H groups in total. The second kappa shape index (κ2) is 12.4. The van der Waals surface area contributed by atoms with Crippen molar-refractivity contribution in [3.63, 3.8) is 0 Å². The summed E-state index contributed by atoms with van der Waals surface area (Å²) >= 11 is 0. The van der Waals surface area contributed by atoms with Gasteiger partial charge in [0, 0.05) is 5.41 Å². The van der Waals surface area contributed by atoms with E-state index >= 15 is 0 Å². The first-order chi connectivity index (χ1) is 18.3. The maximum atomic E-state index is 13.3. The predicted molar refractivity (Wildman–Crippen MR) is 134 cm³/mol. The van der Waals surface area contributed by atoms with Crippen LogP contribution in [0.1, 0.15) is 20.8 Å². The molecule has 0 saturated carbocycles. The number of hydrogen-bond acceptors (Lipinski definition) is 7. The van der Waals surface area contributed by atoms with Gasteiger partial charge >= 0.3 is 12.3 Å². The number of amides is 2. The van der Waals surface area contributed by atoms with E-state index < -0.39 is 53.4 Å². The average Bonchev–Trinajstić information content (AvgIpc) is 2.88. The van der Waals surface area contributed by atoms with E-state index in [1.807, 2.05) is 0 Å². The number of rotatable bonds is 9. The number of benzene rings is 1. The van der Waals surface area contributed by atoms with Gasteiger partial charge in [0.25, 0.3) is 11.3 Å². The van der Waals surface area contributed by atoms with Crippen molar-refractivity contribution in [2.75, 3.05) is 31.9 Å². The van der Waals surface area contributed by atoms with Crippen LogP contribution in [0.4, 0.5) is 23.7 Å². The van der Waals surface area contributed by atoms with Gasteiger partial charge in [0.05, 0.1) is 24.9 Å².